The number of nitrogens with zero attached hydrogens (tertiary/aromatic N) is 1. The predicted octanol–water partition coefficient (Wildman–Crippen LogP) is 3.37. The maximum Gasteiger partial charge on any atom is 0.422 e. The number of carbonyl (C=O) groups excluding carboxylic acids is 1. The van der Waals surface area contributed by atoms with Gasteiger partial charge in [0, 0.05) is 11.4 Å². The first-order valence-corrected chi connectivity index (χ1v) is 6.33. The van der Waals surface area contributed by atoms with Crippen LogP contribution in [0.15, 0.2) is 11.4 Å². The lowest BCUT2D eigenvalue weighted by Gasteiger charge is -2.32. The summed E-state index contributed by atoms with van der Waals surface area (Å²) < 4.78 is 40.2. The number of hydrogen-bond acceptors (Lipinski definition) is 3. The first kappa shape index (κ1) is 13.2. The minimum Gasteiger partial charge on any atom is -0.440 e. The van der Waals surface area contributed by atoms with Gasteiger partial charge in [-0.2, -0.15) is 13.2 Å². The van der Waals surface area contributed by atoms with Crippen LogP contribution in [0.1, 0.15) is 23.4 Å². The molecule has 1 aliphatic heterocycles. The van der Waals surface area contributed by atoms with Gasteiger partial charge in [0.15, 0.2) is 6.61 Å². The third-order valence-electron chi connectivity index (χ3n) is 2.87. The van der Waals surface area contributed by atoms with E-state index in [9.17, 15) is 18.0 Å². The van der Waals surface area contributed by atoms with Gasteiger partial charge in [-0.05, 0) is 30.4 Å². The molecule has 0 saturated carbocycles. The number of amides is 1. The maximum absolute atomic E-state index is 12.0. The number of thiophene rings is 1. The Hall–Kier alpha value is -1.24. The van der Waals surface area contributed by atoms with E-state index in [1.54, 1.807) is 18.3 Å². The maximum atomic E-state index is 12.0. The Kier molecular flexibility index (Phi) is 3.52. The Morgan fingerprint density at radius 2 is 2.33 bits per heavy atom. The van der Waals surface area contributed by atoms with Crippen LogP contribution in [0.5, 0.6) is 0 Å². The summed E-state index contributed by atoms with van der Waals surface area (Å²) in [7, 11) is 0. The third-order valence-corrected chi connectivity index (χ3v) is 3.87. The van der Waals surface area contributed by atoms with Gasteiger partial charge in [0.1, 0.15) is 0 Å². The Morgan fingerprint density at radius 3 is 3.00 bits per heavy atom. The molecular formula is C11H12F3NO2S. The lowest BCUT2D eigenvalue weighted by molar-refractivity contribution is -0.163. The first-order chi connectivity index (χ1) is 8.38. The third kappa shape index (κ3) is 2.77. The van der Waals surface area contributed by atoms with Crippen LogP contribution in [0.3, 0.4) is 0 Å². The molecule has 1 unspecified atom stereocenters. The average Bonchev–Trinajstić information content (AvgIpc) is 2.74. The molecule has 1 aliphatic rings. The van der Waals surface area contributed by atoms with Gasteiger partial charge in [-0.25, -0.2) is 4.79 Å². The van der Waals surface area contributed by atoms with E-state index in [4.69, 9.17) is 0 Å². The van der Waals surface area contributed by atoms with Crippen LogP contribution in [0.25, 0.3) is 0 Å². The van der Waals surface area contributed by atoms with Crippen LogP contribution in [-0.4, -0.2) is 30.3 Å². The molecule has 2 rings (SSSR count). The average molecular weight is 279 g/mol. The SMILES string of the molecule is CC1c2ccsc2CCN1C(=O)OCC(F)(F)F. The van der Waals surface area contributed by atoms with E-state index >= 15 is 0 Å². The summed E-state index contributed by atoms with van der Waals surface area (Å²) in [6.45, 7) is 0.649. The van der Waals surface area contributed by atoms with Crippen molar-refractivity contribution in [2.45, 2.75) is 25.6 Å². The van der Waals surface area contributed by atoms with Gasteiger partial charge in [-0.15, -0.1) is 11.3 Å². The van der Waals surface area contributed by atoms with Crippen LogP contribution in [-0.2, 0) is 11.2 Å². The second-order valence-electron chi connectivity index (χ2n) is 4.09. The van der Waals surface area contributed by atoms with Crippen molar-refractivity contribution in [2.24, 2.45) is 0 Å². The molecule has 1 aromatic rings. The van der Waals surface area contributed by atoms with Crippen molar-refractivity contribution < 1.29 is 22.7 Å². The minimum absolute atomic E-state index is 0.235. The highest BCUT2D eigenvalue weighted by Crippen LogP contribution is 2.33. The molecule has 0 aliphatic carbocycles. The lowest BCUT2D eigenvalue weighted by Crippen LogP contribution is -2.39. The monoisotopic (exact) mass is 279 g/mol. The summed E-state index contributed by atoms with van der Waals surface area (Å²) >= 11 is 1.60. The first-order valence-electron chi connectivity index (χ1n) is 5.45. The van der Waals surface area contributed by atoms with Crippen LogP contribution < -0.4 is 0 Å². The number of carbonyl (C=O) groups is 1. The number of hydrogen-bond donors (Lipinski definition) is 0. The van der Waals surface area contributed by atoms with Crippen molar-refractivity contribution in [1.29, 1.82) is 0 Å². The molecule has 0 spiro atoms. The van der Waals surface area contributed by atoms with E-state index in [2.05, 4.69) is 4.74 Å². The Morgan fingerprint density at radius 1 is 1.61 bits per heavy atom. The molecule has 2 heterocycles. The van der Waals surface area contributed by atoms with Crippen molar-refractivity contribution in [1.82, 2.24) is 4.90 Å². The van der Waals surface area contributed by atoms with E-state index in [1.807, 2.05) is 11.4 Å². The van der Waals surface area contributed by atoms with Crippen LogP contribution >= 0.6 is 11.3 Å². The fraction of sp³-hybridized carbons (Fsp3) is 0.545. The molecular weight excluding hydrogens is 267 g/mol. The van der Waals surface area contributed by atoms with Gasteiger partial charge in [0.2, 0.25) is 0 Å². The van der Waals surface area contributed by atoms with E-state index in [1.165, 1.54) is 9.78 Å². The molecule has 0 bridgehead atoms. The summed E-state index contributed by atoms with van der Waals surface area (Å²) in [5.41, 5.74) is 0.996. The fourth-order valence-corrected chi connectivity index (χ4v) is 2.95. The van der Waals surface area contributed by atoms with Crippen LogP contribution in [0.2, 0.25) is 0 Å². The Labute approximate surface area is 106 Å². The molecule has 3 nitrogen and oxygen atoms in total. The number of alkyl halides is 3. The van der Waals surface area contributed by atoms with Gasteiger partial charge >= 0.3 is 12.3 Å². The van der Waals surface area contributed by atoms with E-state index < -0.39 is 18.9 Å². The van der Waals surface area contributed by atoms with Gasteiger partial charge in [-0.3, -0.25) is 0 Å². The molecule has 0 fully saturated rings. The normalized spacial score (nSPS) is 19.6. The quantitative estimate of drug-likeness (QED) is 0.789. The summed E-state index contributed by atoms with van der Waals surface area (Å²) in [4.78, 5) is 14.1. The summed E-state index contributed by atoms with van der Waals surface area (Å²) in [6, 6.07) is 1.66. The second kappa shape index (κ2) is 4.79. The van der Waals surface area contributed by atoms with E-state index in [0.717, 1.165) is 5.56 Å². The zero-order valence-electron chi connectivity index (χ0n) is 9.66. The van der Waals surface area contributed by atoms with Crippen LogP contribution in [0.4, 0.5) is 18.0 Å². The molecule has 1 aromatic heterocycles. The zero-order valence-corrected chi connectivity index (χ0v) is 10.5. The molecule has 1 amide bonds. The smallest absolute Gasteiger partial charge is 0.422 e. The standard InChI is InChI=1S/C11H12F3NO2S/c1-7-8-3-5-18-9(8)2-4-15(7)10(16)17-6-11(12,13)14/h3,5,7H,2,4,6H2,1H3. The molecule has 7 heteroatoms. The minimum atomic E-state index is -4.48. The van der Waals surface area contributed by atoms with Gasteiger partial charge in [0.05, 0.1) is 6.04 Å². The van der Waals surface area contributed by atoms with Gasteiger partial charge < -0.3 is 9.64 Å². The van der Waals surface area contributed by atoms with E-state index in [0.29, 0.717) is 13.0 Å². The van der Waals surface area contributed by atoms with Crippen molar-refractivity contribution in [3.63, 3.8) is 0 Å². The highest BCUT2D eigenvalue weighted by atomic mass is 32.1. The lowest BCUT2D eigenvalue weighted by atomic mass is 10.0. The second-order valence-corrected chi connectivity index (χ2v) is 5.09. The summed E-state index contributed by atoms with van der Waals surface area (Å²) in [5.74, 6) is 0. The molecule has 1 atom stereocenters. The molecule has 100 valence electrons. The number of halogens is 3. The Bertz CT molecular complexity index is 444. The molecule has 18 heavy (non-hydrogen) atoms. The van der Waals surface area contributed by atoms with E-state index in [-0.39, 0.29) is 6.04 Å². The summed E-state index contributed by atoms with van der Waals surface area (Å²) in [6.07, 6.45) is -4.72. The number of rotatable bonds is 1. The Balaban J connectivity index is 2.01. The predicted molar refractivity (Wildman–Crippen MR) is 60.5 cm³/mol. The van der Waals surface area contributed by atoms with Gasteiger partial charge in [-0.1, -0.05) is 0 Å². The van der Waals surface area contributed by atoms with Crippen molar-refractivity contribution in [2.75, 3.05) is 13.2 Å². The van der Waals surface area contributed by atoms with Crippen molar-refractivity contribution >= 4 is 17.4 Å². The molecule has 0 aromatic carbocycles. The van der Waals surface area contributed by atoms with Crippen LogP contribution in [0, 0.1) is 0 Å². The summed E-state index contributed by atoms with van der Waals surface area (Å²) in [5, 5.41) is 1.92. The number of fused-ring (bicyclic) bond motifs is 1. The highest BCUT2D eigenvalue weighted by molar-refractivity contribution is 7.10. The van der Waals surface area contributed by atoms with Crippen molar-refractivity contribution in [3.8, 4) is 0 Å². The molecule has 0 N–H and O–H groups in total. The number of ether oxygens (including phenoxy) is 1. The fourth-order valence-electron chi connectivity index (χ4n) is 1.99. The van der Waals surface area contributed by atoms with Crippen molar-refractivity contribution in [3.05, 3.63) is 21.9 Å². The zero-order chi connectivity index (χ0) is 13.3. The highest BCUT2D eigenvalue weighted by Gasteiger charge is 2.33. The molecule has 0 saturated heterocycles. The topological polar surface area (TPSA) is 29.5 Å². The molecule has 0 radical (unpaired) electrons. The largest absolute Gasteiger partial charge is 0.440 e. The van der Waals surface area contributed by atoms with Gasteiger partial charge in [0.25, 0.3) is 0 Å².